The molecule has 3 N–H and O–H groups in total. The molecule has 0 heterocycles. The van der Waals surface area contributed by atoms with E-state index in [0.717, 1.165) is 11.6 Å². The number of alkyl halides is 3. The number of rotatable bonds is 6. The lowest BCUT2D eigenvalue weighted by molar-refractivity contribution is -0.136. The minimum atomic E-state index is -4.61. The van der Waals surface area contributed by atoms with Gasteiger partial charge in [-0.3, -0.25) is 4.79 Å². The summed E-state index contributed by atoms with van der Waals surface area (Å²) < 4.78 is 39.5. The molecule has 0 fully saturated rings. The van der Waals surface area contributed by atoms with Crippen molar-refractivity contribution >= 4 is 29.0 Å². The molecule has 0 aliphatic heterocycles. The Bertz CT molecular complexity index is 1130. The molecule has 0 aromatic heterocycles. The van der Waals surface area contributed by atoms with Crippen molar-refractivity contribution in [2.45, 2.75) is 12.7 Å². The van der Waals surface area contributed by atoms with Crippen LogP contribution in [0, 0.1) is 0 Å². The zero-order valence-electron chi connectivity index (χ0n) is 18.0. The number of hydrogen-bond acceptors (Lipinski definition) is 3. The number of hydrogen-bond donors (Lipinski definition) is 3. The summed E-state index contributed by atoms with van der Waals surface area (Å²) in [4.78, 5) is 27.0. The van der Waals surface area contributed by atoms with Crippen molar-refractivity contribution in [3.8, 4) is 0 Å². The Balaban J connectivity index is 1.76. The maximum Gasteiger partial charge on any atom is 0.418 e. The van der Waals surface area contributed by atoms with Crippen LogP contribution >= 0.6 is 0 Å². The van der Waals surface area contributed by atoms with E-state index >= 15 is 0 Å². The fraction of sp³-hybridized carbons (Fsp3) is 0.167. The predicted octanol–water partition coefficient (Wildman–Crippen LogP) is 5.35. The standard InChI is InChI=1S/C24H23F3N4O2/c1-31(2)21-13-12-17(14-18(21)22(32)28-15-16-8-4-3-5-9-16)29-23(33)30-20-11-7-6-10-19(20)24(25,26)27/h3-14H,15H2,1-2H3,(H,28,32)(H2,29,30,33). The molecular weight excluding hydrogens is 433 g/mol. The molecule has 0 atom stereocenters. The average Bonchev–Trinajstić information content (AvgIpc) is 2.77. The number of para-hydroxylation sites is 1. The molecule has 3 amide bonds. The van der Waals surface area contributed by atoms with E-state index in [9.17, 15) is 22.8 Å². The summed E-state index contributed by atoms with van der Waals surface area (Å²) in [5, 5.41) is 7.54. The van der Waals surface area contributed by atoms with Crippen LogP contribution in [0.1, 0.15) is 21.5 Å². The summed E-state index contributed by atoms with van der Waals surface area (Å²) in [6.07, 6.45) is -4.61. The van der Waals surface area contributed by atoms with E-state index < -0.39 is 17.8 Å². The number of nitrogens with one attached hydrogen (secondary N) is 3. The van der Waals surface area contributed by atoms with Crippen LogP contribution in [-0.4, -0.2) is 26.0 Å². The van der Waals surface area contributed by atoms with E-state index in [1.165, 1.54) is 24.3 Å². The highest BCUT2D eigenvalue weighted by molar-refractivity contribution is 6.04. The number of nitrogens with zero attached hydrogens (tertiary/aromatic N) is 1. The SMILES string of the molecule is CN(C)c1ccc(NC(=O)Nc2ccccc2C(F)(F)F)cc1C(=O)NCc1ccccc1. The fourth-order valence-electron chi connectivity index (χ4n) is 3.18. The van der Waals surface area contributed by atoms with Crippen molar-refractivity contribution in [3.63, 3.8) is 0 Å². The third-order valence-electron chi connectivity index (χ3n) is 4.76. The topological polar surface area (TPSA) is 73.5 Å². The minimum Gasteiger partial charge on any atom is -0.377 e. The quantitative estimate of drug-likeness (QED) is 0.469. The van der Waals surface area contributed by atoms with Crippen LogP contribution < -0.4 is 20.9 Å². The average molecular weight is 456 g/mol. The Morgan fingerprint density at radius 3 is 2.21 bits per heavy atom. The number of carbonyl (C=O) groups is 2. The Morgan fingerprint density at radius 1 is 0.879 bits per heavy atom. The van der Waals surface area contributed by atoms with Crippen molar-refractivity contribution in [2.24, 2.45) is 0 Å². The molecule has 3 aromatic rings. The van der Waals surface area contributed by atoms with Crippen LogP contribution in [0.2, 0.25) is 0 Å². The second kappa shape index (κ2) is 10.1. The maximum absolute atomic E-state index is 13.2. The molecule has 0 unspecified atom stereocenters. The normalized spacial score (nSPS) is 10.9. The number of halogens is 3. The maximum atomic E-state index is 13.2. The molecule has 0 radical (unpaired) electrons. The predicted molar refractivity (Wildman–Crippen MR) is 122 cm³/mol. The Morgan fingerprint density at radius 2 is 1.55 bits per heavy atom. The van der Waals surface area contributed by atoms with E-state index in [1.807, 2.05) is 30.3 Å². The van der Waals surface area contributed by atoms with Crippen LogP contribution in [0.15, 0.2) is 72.8 Å². The van der Waals surface area contributed by atoms with E-state index in [4.69, 9.17) is 0 Å². The smallest absolute Gasteiger partial charge is 0.377 e. The van der Waals surface area contributed by atoms with Crippen molar-refractivity contribution in [2.75, 3.05) is 29.6 Å². The van der Waals surface area contributed by atoms with Crippen LogP contribution in [0.25, 0.3) is 0 Å². The molecule has 3 rings (SSSR count). The molecule has 0 saturated heterocycles. The molecule has 33 heavy (non-hydrogen) atoms. The van der Waals surface area contributed by atoms with Gasteiger partial charge < -0.3 is 20.9 Å². The van der Waals surface area contributed by atoms with E-state index in [-0.39, 0.29) is 17.3 Å². The summed E-state index contributed by atoms with van der Waals surface area (Å²) >= 11 is 0. The first-order valence-corrected chi connectivity index (χ1v) is 10.0. The van der Waals surface area contributed by atoms with Gasteiger partial charge in [0.1, 0.15) is 0 Å². The van der Waals surface area contributed by atoms with E-state index in [2.05, 4.69) is 16.0 Å². The third kappa shape index (κ3) is 6.25. The molecular formula is C24H23F3N4O2. The van der Waals surface area contributed by atoms with E-state index in [1.54, 1.807) is 31.1 Å². The summed E-state index contributed by atoms with van der Waals surface area (Å²) in [5.74, 6) is -0.353. The molecule has 0 spiro atoms. The lowest BCUT2D eigenvalue weighted by atomic mass is 10.1. The summed E-state index contributed by atoms with van der Waals surface area (Å²) in [7, 11) is 3.55. The Labute approximate surface area is 189 Å². The second-order valence-electron chi connectivity index (χ2n) is 7.42. The van der Waals surface area contributed by atoms with Gasteiger partial charge in [0.2, 0.25) is 0 Å². The highest BCUT2D eigenvalue weighted by Gasteiger charge is 2.33. The fourth-order valence-corrected chi connectivity index (χ4v) is 3.18. The number of amides is 3. The first-order chi connectivity index (χ1) is 15.6. The van der Waals surface area contributed by atoms with Crippen LogP contribution in [0.5, 0.6) is 0 Å². The monoisotopic (exact) mass is 456 g/mol. The molecule has 0 aliphatic carbocycles. The van der Waals surface area contributed by atoms with Gasteiger partial charge in [-0.15, -0.1) is 0 Å². The van der Waals surface area contributed by atoms with Crippen molar-refractivity contribution in [3.05, 3.63) is 89.5 Å². The van der Waals surface area contributed by atoms with Gasteiger partial charge in [0, 0.05) is 32.0 Å². The minimum absolute atomic E-state index is 0.257. The first-order valence-electron chi connectivity index (χ1n) is 10.0. The molecule has 0 aliphatic rings. The van der Waals surface area contributed by atoms with Gasteiger partial charge in [-0.2, -0.15) is 13.2 Å². The second-order valence-corrected chi connectivity index (χ2v) is 7.42. The number of urea groups is 1. The molecule has 0 saturated carbocycles. The Kier molecular flexibility index (Phi) is 7.22. The van der Waals surface area contributed by atoms with Gasteiger partial charge in [0.15, 0.2) is 0 Å². The third-order valence-corrected chi connectivity index (χ3v) is 4.76. The van der Waals surface area contributed by atoms with Crippen molar-refractivity contribution in [1.29, 1.82) is 0 Å². The number of anilines is 3. The summed E-state index contributed by atoms with van der Waals surface area (Å²) in [6, 6.07) is 17.9. The van der Waals surface area contributed by atoms with Gasteiger partial charge in [-0.1, -0.05) is 42.5 Å². The lowest BCUT2D eigenvalue weighted by Crippen LogP contribution is -2.26. The lowest BCUT2D eigenvalue weighted by Gasteiger charge is -2.19. The highest BCUT2D eigenvalue weighted by Crippen LogP contribution is 2.34. The van der Waals surface area contributed by atoms with Gasteiger partial charge in [-0.25, -0.2) is 4.79 Å². The van der Waals surface area contributed by atoms with Crippen molar-refractivity contribution < 1.29 is 22.8 Å². The number of carbonyl (C=O) groups excluding carboxylic acids is 2. The zero-order chi connectivity index (χ0) is 24.0. The van der Waals surface area contributed by atoms with Gasteiger partial charge >= 0.3 is 12.2 Å². The Hall–Kier alpha value is -4.01. The first kappa shape index (κ1) is 23.6. The van der Waals surface area contributed by atoms with Gasteiger partial charge in [0.05, 0.1) is 16.8 Å². The zero-order valence-corrected chi connectivity index (χ0v) is 18.0. The molecule has 9 heteroatoms. The van der Waals surface area contributed by atoms with Crippen molar-refractivity contribution in [1.82, 2.24) is 5.32 Å². The van der Waals surface area contributed by atoms with E-state index in [0.29, 0.717) is 17.8 Å². The molecule has 172 valence electrons. The van der Waals surface area contributed by atoms with Crippen LogP contribution in [0.4, 0.5) is 35.0 Å². The summed E-state index contributed by atoms with van der Waals surface area (Å²) in [5.41, 5.74) is 0.789. The number of benzene rings is 3. The summed E-state index contributed by atoms with van der Waals surface area (Å²) in [6.45, 7) is 0.318. The molecule has 6 nitrogen and oxygen atoms in total. The molecule has 0 bridgehead atoms. The van der Waals surface area contributed by atoms with Crippen LogP contribution in [-0.2, 0) is 12.7 Å². The van der Waals surface area contributed by atoms with Crippen LogP contribution in [0.3, 0.4) is 0 Å². The van der Waals surface area contributed by atoms with Gasteiger partial charge in [-0.05, 0) is 35.9 Å². The molecule has 3 aromatic carbocycles. The van der Waals surface area contributed by atoms with Gasteiger partial charge in [0.25, 0.3) is 5.91 Å². The largest absolute Gasteiger partial charge is 0.418 e. The highest BCUT2D eigenvalue weighted by atomic mass is 19.4.